The number of hydrogen-bond acceptors (Lipinski definition) is 1. The van der Waals surface area contributed by atoms with Gasteiger partial charge in [0.25, 0.3) is 0 Å². The molecule has 1 aliphatic rings. The molecule has 1 aliphatic carbocycles. The van der Waals surface area contributed by atoms with Crippen LogP contribution in [-0.2, 0) is 12.8 Å². The molecule has 5 rings (SSSR count). The number of aryl methyl sites for hydroxylation is 2. The Labute approximate surface area is 166 Å². The van der Waals surface area contributed by atoms with Gasteiger partial charge in [0, 0.05) is 9.86 Å². The van der Waals surface area contributed by atoms with Gasteiger partial charge in [0.2, 0.25) is 0 Å². The van der Waals surface area contributed by atoms with Gasteiger partial charge < -0.3 is 5.73 Å². The van der Waals surface area contributed by atoms with Crippen LogP contribution >= 0.6 is 15.9 Å². The molecule has 0 saturated heterocycles. The van der Waals surface area contributed by atoms with E-state index in [-0.39, 0.29) is 5.96 Å². The number of hydrogen-bond donors (Lipinski definition) is 2. The summed E-state index contributed by atoms with van der Waals surface area (Å²) < 4.78 is 1.04. The van der Waals surface area contributed by atoms with Crippen molar-refractivity contribution in [1.29, 1.82) is 5.41 Å². The molecule has 0 spiro atoms. The third kappa shape index (κ3) is 2.44. The first-order valence-electron chi connectivity index (χ1n) is 9.00. The van der Waals surface area contributed by atoms with Crippen LogP contribution < -0.4 is 10.6 Å². The van der Waals surface area contributed by atoms with E-state index in [1.807, 2.05) is 29.2 Å². The van der Waals surface area contributed by atoms with Crippen LogP contribution in [0.2, 0.25) is 0 Å². The second kappa shape index (κ2) is 6.10. The van der Waals surface area contributed by atoms with Crippen LogP contribution in [0.1, 0.15) is 11.1 Å². The number of nitrogens with zero attached hydrogens (tertiary/aromatic N) is 1. The highest BCUT2D eigenvalue weighted by Crippen LogP contribution is 2.42. The summed E-state index contributed by atoms with van der Waals surface area (Å²) in [5, 5.41) is 13.1. The first kappa shape index (κ1) is 16.3. The minimum atomic E-state index is 0.0301. The lowest BCUT2D eigenvalue weighted by Crippen LogP contribution is -2.33. The van der Waals surface area contributed by atoms with Crippen molar-refractivity contribution in [2.75, 3.05) is 4.90 Å². The van der Waals surface area contributed by atoms with Crippen LogP contribution in [-0.4, -0.2) is 5.96 Å². The summed E-state index contributed by atoms with van der Waals surface area (Å²) in [5.41, 5.74) is 10.7. The number of anilines is 2. The van der Waals surface area contributed by atoms with Crippen molar-refractivity contribution >= 4 is 54.8 Å². The van der Waals surface area contributed by atoms with Crippen LogP contribution in [0.4, 0.5) is 11.4 Å². The summed E-state index contributed by atoms with van der Waals surface area (Å²) in [7, 11) is 0. The Kier molecular flexibility index (Phi) is 3.69. The van der Waals surface area contributed by atoms with E-state index >= 15 is 0 Å². The zero-order valence-corrected chi connectivity index (χ0v) is 16.3. The van der Waals surface area contributed by atoms with Gasteiger partial charge in [-0.15, -0.1) is 0 Å². The molecule has 4 aromatic rings. The van der Waals surface area contributed by atoms with Gasteiger partial charge in [-0.3, -0.25) is 10.3 Å². The Morgan fingerprint density at radius 1 is 0.852 bits per heavy atom. The maximum atomic E-state index is 8.34. The third-order valence-corrected chi connectivity index (χ3v) is 6.12. The minimum Gasteiger partial charge on any atom is -0.369 e. The summed E-state index contributed by atoms with van der Waals surface area (Å²) in [4.78, 5) is 1.88. The van der Waals surface area contributed by atoms with Gasteiger partial charge in [-0.2, -0.15) is 0 Å². The van der Waals surface area contributed by atoms with Gasteiger partial charge >= 0.3 is 0 Å². The molecule has 3 nitrogen and oxygen atoms in total. The van der Waals surface area contributed by atoms with Crippen LogP contribution in [0.5, 0.6) is 0 Å². The minimum absolute atomic E-state index is 0.0301. The lowest BCUT2D eigenvalue weighted by molar-refractivity contribution is 1.02. The molecule has 0 aromatic heterocycles. The Morgan fingerprint density at radius 2 is 1.63 bits per heavy atom. The summed E-state index contributed by atoms with van der Waals surface area (Å²) in [6, 6.07) is 23.0. The summed E-state index contributed by atoms with van der Waals surface area (Å²) in [6.07, 6.45) is 2.01. The maximum Gasteiger partial charge on any atom is 0.197 e. The highest BCUT2D eigenvalue weighted by atomic mass is 79.9. The first-order chi connectivity index (χ1) is 13.1. The molecule has 0 heterocycles. The first-order valence-corrected chi connectivity index (χ1v) is 9.79. The number of nitrogens with one attached hydrogen (secondary N) is 1. The van der Waals surface area contributed by atoms with E-state index < -0.39 is 0 Å². The molecule has 3 N–H and O–H groups in total. The zero-order valence-electron chi connectivity index (χ0n) is 14.7. The fraction of sp³-hybridized carbons (Fsp3) is 0.0870. The molecular weight excluding hydrogens is 398 g/mol. The quantitative estimate of drug-likeness (QED) is 0.317. The average molecular weight is 416 g/mol. The maximum absolute atomic E-state index is 8.34. The second-order valence-corrected chi connectivity index (χ2v) is 7.77. The topological polar surface area (TPSA) is 53.1 Å². The molecular formula is C23H18BrN3. The van der Waals surface area contributed by atoms with E-state index in [4.69, 9.17) is 11.1 Å². The number of benzene rings is 4. The summed E-state index contributed by atoms with van der Waals surface area (Å²) in [6.45, 7) is 0. The molecule has 0 atom stereocenters. The van der Waals surface area contributed by atoms with Gasteiger partial charge in [0.05, 0.1) is 11.4 Å². The standard InChI is InChI=1S/C23H18BrN3/c24-19-11-13-20(17-7-2-1-6-16(17)19)27(23(25)26)21-12-9-15-5-3-4-14-8-10-18(21)22(14)15/h1-7,9,11-13H,8,10H2,(H3,25,26). The van der Waals surface area contributed by atoms with Crippen molar-refractivity contribution in [3.63, 3.8) is 0 Å². The molecule has 4 aromatic carbocycles. The smallest absolute Gasteiger partial charge is 0.197 e. The molecule has 27 heavy (non-hydrogen) atoms. The average Bonchev–Trinajstić information content (AvgIpc) is 3.11. The Hall–Kier alpha value is -2.85. The molecule has 0 aliphatic heterocycles. The van der Waals surface area contributed by atoms with Crippen molar-refractivity contribution in [2.45, 2.75) is 12.8 Å². The molecule has 0 saturated carbocycles. The van der Waals surface area contributed by atoms with E-state index in [0.717, 1.165) is 39.5 Å². The van der Waals surface area contributed by atoms with Gasteiger partial charge in [-0.25, -0.2) is 0 Å². The second-order valence-electron chi connectivity index (χ2n) is 6.91. The largest absolute Gasteiger partial charge is 0.369 e. The Balaban J connectivity index is 1.80. The monoisotopic (exact) mass is 415 g/mol. The molecule has 132 valence electrons. The van der Waals surface area contributed by atoms with Gasteiger partial charge in [-0.1, -0.05) is 64.5 Å². The van der Waals surface area contributed by atoms with Crippen LogP contribution in [0.15, 0.2) is 71.2 Å². The van der Waals surface area contributed by atoms with E-state index in [2.05, 4.69) is 58.4 Å². The molecule has 4 heteroatoms. The van der Waals surface area contributed by atoms with E-state index in [1.54, 1.807) is 0 Å². The Bertz CT molecular complexity index is 1230. The van der Waals surface area contributed by atoms with E-state index in [9.17, 15) is 0 Å². The third-order valence-electron chi connectivity index (χ3n) is 5.43. The fourth-order valence-corrected chi connectivity index (χ4v) is 4.76. The number of halogens is 1. The highest BCUT2D eigenvalue weighted by Gasteiger charge is 2.24. The van der Waals surface area contributed by atoms with Gasteiger partial charge in [0.15, 0.2) is 5.96 Å². The fourth-order valence-electron chi connectivity index (χ4n) is 4.29. The number of nitrogens with two attached hydrogens (primary N) is 1. The Morgan fingerprint density at radius 3 is 2.44 bits per heavy atom. The van der Waals surface area contributed by atoms with Crippen LogP contribution in [0, 0.1) is 5.41 Å². The lowest BCUT2D eigenvalue weighted by Gasteiger charge is -2.27. The molecule has 0 amide bonds. The van der Waals surface area contributed by atoms with Crippen molar-refractivity contribution in [3.05, 3.63) is 82.3 Å². The van der Waals surface area contributed by atoms with Crippen molar-refractivity contribution < 1.29 is 0 Å². The molecule has 0 radical (unpaired) electrons. The van der Waals surface area contributed by atoms with Crippen molar-refractivity contribution in [1.82, 2.24) is 0 Å². The number of fused-ring (bicyclic) bond motifs is 1. The number of rotatable bonds is 2. The van der Waals surface area contributed by atoms with Crippen molar-refractivity contribution in [3.8, 4) is 0 Å². The molecule has 0 bridgehead atoms. The van der Waals surface area contributed by atoms with Gasteiger partial charge in [0.1, 0.15) is 0 Å². The van der Waals surface area contributed by atoms with E-state index in [0.29, 0.717) is 0 Å². The highest BCUT2D eigenvalue weighted by molar-refractivity contribution is 9.10. The van der Waals surface area contributed by atoms with Crippen LogP contribution in [0.3, 0.4) is 0 Å². The SMILES string of the molecule is N=C(N)N(c1ccc2cccc3c2c1CC3)c1ccc(Br)c2ccccc12. The van der Waals surface area contributed by atoms with Gasteiger partial charge in [-0.05, 0) is 58.3 Å². The predicted molar refractivity (Wildman–Crippen MR) is 117 cm³/mol. The molecule has 0 fully saturated rings. The van der Waals surface area contributed by atoms with Crippen molar-refractivity contribution in [2.24, 2.45) is 5.73 Å². The summed E-state index contributed by atoms with van der Waals surface area (Å²) >= 11 is 3.64. The number of guanidine groups is 1. The zero-order chi connectivity index (χ0) is 18.5. The summed E-state index contributed by atoms with van der Waals surface area (Å²) in [5.74, 6) is 0.0301. The lowest BCUT2D eigenvalue weighted by atomic mass is 10.0. The predicted octanol–water partition coefficient (Wildman–Crippen LogP) is 5.89. The molecule has 0 unspecified atom stereocenters. The van der Waals surface area contributed by atoms with E-state index in [1.165, 1.54) is 21.9 Å². The van der Waals surface area contributed by atoms with Crippen LogP contribution in [0.25, 0.3) is 21.5 Å². The normalized spacial score (nSPS) is 12.6.